The highest BCUT2D eigenvalue weighted by molar-refractivity contribution is 8.77. The molecular weight excluding hydrogens is 651 g/mol. The first-order valence-electron chi connectivity index (χ1n) is 19.2. The van der Waals surface area contributed by atoms with Crippen molar-refractivity contribution in [1.82, 2.24) is 4.90 Å². The van der Waals surface area contributed by atoms with Gasteiger partial charge < -0.3 is 14.4 Å². The van der Waals surface area contributed by atoms with Crippen LogP contribution in [0.25, 0.3) is 0 Å². The molecule has 0 aliphatic heterocycles. The lowest BCUT2D eigenvalue weighted by molar-refractivity contribution is -0.143. The van der Waals surface area contributed by atoms with Gasteiger partial charge in [0.15, 0.2) is 0 Å². The van der Waals surface area contributed by atoms with Gasteiger partial charge in [0.2, 0.25) is 0 Å². The minimum atomic E-state index is -0.142. The Morgan fingerprint density at radius 1 is 0.413 bits per heavy atom. The van der Waals surface area contributed by atoms with Gasteiger partial charge in [-0.05, 0) is 25.8 Å². The van der Waals surface area contributed by atoms with Crippen molar-refractivity contribution in [2.24, 2.45) is 0 Å². The quantitative estimate of drug-likeness (QED) is 0.0352. The third-order valence-electron chi connectivity index (χ3n) is 7.99. The lowest BCUT2D eigenvalue weighted by Gasteiger charge is -2.20. The largest absolute Gasteiger partial charge is 0.465 e. The lowest BCUT2D eigenvalue weighted by atomic mass is 10.1. The van der Waals surface area contributed by atoms with E-state index in [1.165, 1.54) is 140 Å². The van der Waals surface area contributed by atoms with Gasteiger partial charge in [0, 0.05) is 36.1 Å². The van der Waals surface area contributed by atoms with Crippen molar-refractivity contribution in [3.8, 4) is 0 Å². The standard InChI is InChI=1S/C37H73NO4S4/c1-4-7-9-11-13-15-17-19-21-23-32-43-45-34-30-41-36(39)25-28-38(27-6-3)29-26-37(40)42-31-35-46-44-33-24-22-20-18-16-14-12-10-8-5-2/h4-35H2,1-3H3. The molecule has 0 amide bonds. The summed E-state index contributed by atoms with van der Waals surface area (Å²) in [5.74, 6) is 3.76. The molecule has 0 saturated heterocycles. The molecule has 5 nitrogen and oxygen atoms in total. The van der Waals surface area contributed by atoms with Crippen LogP contribution in [0.2, 0.25) is 0 Å². The Morgan fingerprint density at radius 2 is 0.739 bits per heavy atom. The van der Waals surface area contributed by atoms with Crippen molar-refractivity contribution in [3.05, 3.63) is 0 Å². The zero-order valence-corrected chi connectivity index (χ0v) is 33.6. The van der Waals surface area contributed by atoms with E-state index >= 15 is 0 Å². The Labute approximate surface area is 301 Å². The molecule has 0 atom stereocenters. The maximum absolute atomic E-state index is 12.2. The highest BCUT2D eigenvalue weighted by Gasteiger charge is 2.12. The molecule has 0 fully saturated rings. The number of unbranched alkanes of at least 4 members (excludes halogenated alkanes) is 18. The molecule has 0 unspecified atom stereocenters. The van der Waals surface area contributed by atoms with Crippen molar-refractivity contribution >= 4 is 55.1 Å². The molecule has 0 aromatic heterocycles. The second-order valence-corrected chi connectivity index (χ2v) is 17.8. The molecule has 0 heterocycles. The zero-order valence-electron chi connectivity index (χ0n) is 30.3. The van der Waals surface area contributed by atoms with Crippen molar-refractivity contribution in [3.63, 3.8) is 0 Å². The molecule has 0 aliphatic rings. The molecule has 0 aromatic carbocycles. The maximum atomic E-state index is 12.2. The first-order valence-corrected chi connectivity index (χ1v) is 24.1. The van der Waals surface area contributed by atoms with E-state index in [1.807, 2.05) is 43.2 Å². The monoisotopic (exact) mass is 723 g/mol. The Morgan fingerprint density at radius 3 is 1.09 bits per heavy atom. The molecule has 274 valence electrons. The van der Waals surface area contributed by atoms with E-state index in [0.29, 0.717) is 39.1 Å². The summed E-state index contributed by atoms with van der Waals surface area (Å²) in [4.78, 5) is 26.6. The smallest absolute Gasteiger partial charge is 0.307 e. The Balaban J connectivity index is 3.58. The predicted octanol–water partition coefficient (Wildman–Crippen LogP) is 12.2. The van der Waals surface area contributed by atoms with Crippen molar-refractivity contribution < 1.29 is 19.1 Å². The van der Waals surface area contributed by atoms with Crippen LogP contribution < -0.4 is 0 Å². The van der Waals surface area contributed by atoms with Crippen LogP contribution in [-0.2, 0) is 19.1 Å². The minimum Gasteiger partial charge on any atom is -0.465 e. The third-order valence-corrected chi connectivity index (χ3v) is 12.9. The summed E-state index contributed by atoms with van der Waals surface area (Å²) < 4.78 is 10.9. The number of carbonyl (C=O) groups excluding carboxylic acids is 2. The van der Waals surface area contributed by atoms with Crippen LogP contribution in [0.15, 0.2) is 0 Å². The molecule has 0 saturated carbocycles. The Kier molecular flexibility index (Phi) is 40.0. The van der Waals surface area contributed by atoms with Gasteiger partial charge in [-0.25, -0.2) is 0 Å². The van der Waals surface area contributed by atoms with E-state index < -0.39 is 0 Å². The van der Waals surface area contributed by atoms with Crippen LogP contribution in [0.4, 0.5) is 0 Å². The van der Waals surface area contributed by atoms with Crippen LogP contribution >= 0.6 is 43.2 Å². The SMILES string of the molecule is CCCCCCCCCCCCSSCCOC(=O)CCN(CCC)CCC(=O)OCCSSCCCCCCCCCCCC. The molecule has 0 spiro atoms. The third kappa shape index (κ3) is 37.1. The van der Waals surface area contributed by atoms with Crippen LogP contribution in [0.1, 0.15) is 168 Å². The second kappa shape index (κ2) is 39.7. The van der Waals surface area contributed by atoms with Gasteiger partial charge in [-0.3, -0.25) is 9.59 Å². The molecule has 46 heavy (non-hydrogen) atoms. The number of hydrogen-bond donors (Lipinski definition) is 0. The number of rotatable bonds is 38. The molecule has 0 N–H and O–H groups in total. The van der Waals surface area contributed by atoms with Crippen LogP contribution in [0, 0.1) is 0 Å². The van der Waals surface area contributed by atoms with Crippen LogP contribution in [0.3, 0.4) is 0 Å². The van der Waals surface area contributed by atoms with Gasteiger partial charge in [-0.15, -0.1) is 0 Å². The van der Waals surface area contributed by atoms with E-state index in [2.05, 4.69) is 25.7 Å². The lowest BCUT2D eigenvalue weighted by Crippen LogP contribution is -2.30. The number of nitrogens with zero attached hydrogens (tertiary/aromatic N) is 1. The normalized spacial score (nSPS) is 11.4. The molecular formula is C37H73NO4S4. The van der Waals surface area contributed by atoms with Gasteiger partial charge in [0.25, 0.3) is 0 Å². The van der Waals surface area contributed by atoms with Gasteiger partial charge in [0.05, 0.1) is 12.8 Å². The number of carbonyl (C=O) groups is 2. The summed E-state index contributed by atoms with van der Waals surface area (Å²) in [7, 11) is 7.43. The van der Waals surface area contributed by atoms with Gasteiger partial charge in [-0.1, -0.05) is 180 Å². The molecule has 0 rings (SSSR count). The summed E-state index contributed by atoms with van der Waals surface area (Å²) >= 11 is 0. The van der Waals surface area contributed by atoms with E-state index in [1.54, 1.807) is 0 Å². The Bertz CT molecular complexity index is 594. The van der Waals surface area contributed by atoms with Crippen LogP contribution in [0.5, 0.6) is 0 Å². The molecule has 0 aliphatic carbocycles. The van der Waals surface area contributed by atoms with Crippen LogP contribution in [-0.4, -0.2) is 72.7 Å². The van der Waals surface area contributed by atoms with E-state index in [0.717, 1.165) is 24.5 Å². The number of hydrogen-bond acceptors (Lipinski definition) is 9. The summed E-state index contributed by atoms with van der Waals surface area (Å²) in [6, 6.07) is 0. The minimum absolute atomic E-state index is 0.142. The molecule has 0 aromatic rings. The second-order valence-electron chi connectivity index (χ2n) is 12.4. The predicted molar refractivity (Wildman–Crippen MR) is 211 cm³/mol. The van der Waals surface area contributed by atoms with Crippen molar-refractivity contribution in [2.45, 2.75) is 168 Å². The van der Waals surface area contributed by atoms with Crippen molar-refractivity contribution in [2.75, 3.05) is 55.9 Å². The summed E-state index contributed by atoms with van der Waals surface area (Å²) in [6.07, 6.45) is 29.2. The fourth-order valence-electron chi connectivity index (χ4n) is 5.21. The number of esters is 2. The molecule has 0 bridgehead atoms. The summed E-state index contributed by atoms with van der Waals surface area (Å²) in [5, 5.41) is 0. The van der Waals surface area contributed by atoms with Gasteiger partial charge in [0.1, 0.15) is 13.2 Å². The molecule has 0 radical (unpaired) electrons. The topological polar surface area (TPSA) is 55.8 Å². The average Bonchev–Trinajstić information content (AvgIpc) is 3.06. The summed E-state index contributed by atoms with van der Waals surface area (Å²) in [6.45, 7) is 9.76. The molecule has 9 heteroatoms. The maximum Gasteiger partial charge on any atom is 0.307 e. The first kappa shape index (κ1) is 46.3. The van der Waals surface area contributed by atoms with E-state index in [9.17, 15) is 9.59 Å². The zero-order chi connectivity index (χ0) is 33.6. The van der Waals surface area contributed by atoms with Gasteiger partial charge >= 0.3 is 11.9 Å². The first-order chi connectivity index (χ1) is 22.6. The fourth-order valence-corrected chi connectivity index (χ4v) is 9.15. The Hall–Kier alpha value is 0.300. The number of ether oxygens (including phenoxy) is 2. The van der Waals surface area contributed by atoms with Gasteiger partial charge in [-0.2, -0.15) is 0 Å². The van der Waals surface area contributed by atoms with E-state index in [4.69, 9.17) is 9.47 Å². The highest BCUT2D eigenvalue weighted by atomic mass is 33.1. The average molecular weight is 724 g/mol. The van der Waals surface area contributed by atoms with E-state index in [-0.39, 0.29) is 11.9 Å². The summed E-state index contributed by atoms with van der Waals surface area (Å²) in [5.41, 5.74) is 0. The highest BCUT2D eigenvalue weighted by Crippen LogP contribution is 2.24. The fraction of sp³-hybridized carbons (Fsp3) is 0.946. The van der Waals surface area contributed by atoms with Crippen molar-refractivity contribution in [1.29, 1.82) is 0 Å².